The number of pyridine rings is 1. The van der Waals surface area contributed by atoms with Gasteiger partial charge in [-0.15, -0.1) is 0 Å². The third-order valence-electron chi connectivity index (χ3n) is 1.79. The molecule has 0 aliphatic heterocycles. The lowest BCUT2D eigenvalue weighted by molar-refractivity contribution is -0.0248. The first kappa shape index (κ1) is 12.6. The molecule has 0 aliphatic rings. The van der Waals surface area contributed by atoms with Crippen molar-refractivity contribution in [3.63, 3.8) is 0 Å². The molecule has 0 radical (unpaired) electrons. The number of halogens is 2. The van der Waals surface area contributed by atoms with E-state index in [1.807, 2.05) is 0 Å². The number of nitrogens with two attached hydrogens (primary N) is 1. The summed E-state index contributed by atoms with van der Waals surface area (Å²) in [7, 11) is 1.41. The first-order valence-corrected chi connectivity index (χ1v) is 4.70. The highest BCUT2D eigenvalue weighted by Crippen LogP contribution is 2.26. The van der Waals surface area contributed by atoms with Crippen LogP contribution in [0.5, 0.6) is 11.6 Å². The third-order valence-corrected chi connectivity index (χ3v) is 1.79. The van der Waals surface area contributed by atoms with E-state index in [1.54, 1.807) is 6.07 Å². The molecule has 0 saturated heterocycles. The Morgan fingerprint density at radius 3 is 2.69 bits per heavy atom. The van der Waals surface area contributed by atoms with Gasteiger partial charge in [0, 0.05) is 19.7 Å². The molecule has 0 aliphatic carbocycles. The minimum Gasteiger partial charge on any atom is -0.491 e. The first-order valence-electron chi connectivity index (χ1n) is 4.70. The summed E-state index contributed by atoms with van der Waals surface area (Å²) in [4.78, 5) is 3.86. The molecule has 90 valence electrons. The Hall–Kier alpha value is -1.43. The first-order chi connectivity index (χ1) is 7.46. The summed E-state index contributed by atoms with van der Waals surface area (Å²) < 4.78 is 35.0. The molecule has 4 nitrogen and oxygen atoms in total. The molecular formula is C10H14F2N2O2. The Morgan fingerprint density at radius 2 is 2.19 bits per heavy atom. The molecule has 1 rings (SSSR count). The van der Waals surface area contributed by atoms with Gasteiger partial charge in [0.1, 0.15) is 0 Å². The summed E-state index contributed by atoms with van der Waals surface area (Å²) in [6.45, 7) is 0.333. The molecule has 0 fully saturated rings. The van der Waals surface area contributed by atoms with Crippen molar-refractivity contribution in [1.82, 2.24) is 4.98 Å². The monoisotopic (exact) mass is 232 g/mol. The lowest BCUT2D eigenvalue weighted by Crippen LogP contribution is -2.21. The predicted octanol–water partition coefficient (Wildman–Crippen LogP) is 1.58. The van der Waals surface area contributed by atoms with Crippen molar-refractivity contribution in [1.29, 1.82) is 0 Å². The number of ether oxygens (including phenoxy) is 2. The van der Waals surface area contributed by atoms with Gasteiger partial charge in [0.15, 0.2) is 12.4 Å². The fourth-order valence-electron chi connectivity index (χ4n) is 1.03. The van der Waals surface area contributed by atoms with E-state index in [0.29, 0.717) is 12.3 Å². The molecule has 1 aromatic heterocycles. The van der Waals surface area contributed by atoms with Gasteiger partial charge in [0.05, 0.1) is 7.11 Å². The van der Waals surface area contributed by atoms with E-state index in [-0.39, 0.29) is 5.88 Å². The third kappa shape index (κ3) is 3.62. The average molecular weight is 232 g/mol. The highest BCUT2D eigenvalue weighted by atomic mass is 19.3. The number of nitrogens with zero attached hydrogens (tertiary/aromatic N) is 1. The maximum Gasteiger partial charge on any atom is 0.278 e. The van der Waals surface area contributed by atoms with Crippen molar-refractivity contribution in [2.75, 3.05) is 13.7 Å². The molecule has 0 spiro atoms. The van der Waals surface area contributed by atoms with Gasteiger partial charge in [-0.1, -0.05) is 0 Å². The van der Waals surface area contributed by atoms with Crippen LogP contribution in [0.2, 0.25) is 0 Å². The Bertz CT molecular complexity index is 353. The molecule has 6 heteroatoms. The van der Waals surface area contributed by atoms with Crippen molar-refractivity contribution in [2.45, 2.75) is 19.4 Å². The van der Waals surface area contributed by atoms with Gasteiger partial charge in [-0.2, -0.15) is 0 Å². The Morgan fingerprint density at radius 1 is 1.50 bits per heavy atom. The SMILES string of the molecule is COc1cc(CN)cnc1OCC(C)(F)F. The summed E-state index contributed by atoms with van der Waals surface area (Å²) >= 11 is 0. The molecule has 2 N–H and O–H groups in total. The molecule has 1 aromatic rings. The van der Waals surface area contributed by atoms with Crippen molar-refractivity contribution in [2.24, 2.45) is 5.73 Å². The molecule has 0 atom stereocenters. The summed E-state index contributed by atoms with van der Waals surface area (Å²) in [5.74, 6) is -2.56. The lowest BCUT2D eigenvalue weighted by Gasteiger charge is -2.13. The van der Waals surface area contributed by atoms with Crippen LogP contribution in [0, 0.1) is 0 Å². The van der Waals surface area contributed by atoms with Gasteiger partial charge >= 0.3 is 0 Å². The zero-order valence-electron chi connectivity index (χ0n) is 9.17. The van der Waals surface area contributed by atoms with Crippen molar-refractivity contribution >= 4 is 0 Å². The Balaban J connectivity index is 2.79. The van der Waals surface area contributed by atoms with Crippen molar-refractivity contribution < 1.29 is 18.3 Å². The fraction of sp³-hybridized carbons (Fsp3) is 0.500. The van der Waals surface area contributed by atoms with Gasteiger partial charge in [0.25, 0.3) is 11.8 Å². The van der Waals surface area contributed by atoms with Crippen LogP contribution in [0.25, 0.3) is 0 Å². The maximum absolute atomic E-state index is 12.6. The van der Waals surface area contributed by atoms with Crippen LogP contribution < -0.4 is 15.2 Å². The fourth-order valence-corrected chi connectivity index (χ4v) is 1.03. The normalized spacial score (nSPS) is 11.3. The minimum atomic E-state index is -2.90. The summed E-state index contributed by atoms with van der Waals surface area (Å²) in [5, 5.41) is 0. The zero-order valence-corrected chi connectivity index (χ0v) is 9.17. The van der Waals surface area contributed by atoms with Gasteiger partial charge in [-0.25, -0.2) is 13.8 Å². The van der Waals surface area contributed by atoms with Crippen molar-refractivity contribution in [3.8, 4) is 11.6 Å². The number of hydrogen-bond acceptors (Lipinski definition) is 4. The Kier molecular flexibility index (Phi) is 4.00. The smallest absolute Gasteiger partial charge is 0.278 e. The second-order valence-corrected chi connectivity index (χ2v) is 3.41. The highest BCUT2D eigenvalue weighted by molar-refractivity contribution is 5.36. The molecule has 0 saturated carbocycles. The number of alkyl halides is 2. The second-order valence-electron chi connectivity index (χ2n) is 3.41. The average Bonchev–Trinajstić information content (AvgIpc) is 2.25. The molecule has 0 bridgehead atoms. The van der Waals surface area contributed by atoms with Gasteiger partial charge in [0.2, 0.25) is 0 Å². The quantitative estimate of drug-likeness (QED) is 0.837. The summed E-state index contributed by atoms with van der Waals surface area (Å²) in [6, 6.07) is 1.61. The minimum absolute atomic E-state index is 0.0428. The molecule has 0 amide bonds. The molecule has 0 unspecified atom stereocenters. The highest BCUT2D eigenvalue weighted by Gasteiger charge is 2.23. The molecular weight excluding hydrogens is 218 g/mol. The van der Waals surface area contributed by atoms with Crippen LogP contribution in [0.15, 0.2) is 12.3 Å². The van der Waals surface area contributed by atoms with Crippen LogP contribution in [0.4, 0.5) is 8.78 Å². The van der Waals surface area contributed by atoms with E-state index >= 15 is 0 Å². The van der Waals surface area contributed by atoms with E-state index in [2.05, 4.69) is 4.98 Å². The van der Waals surface area contributed by atoms with Crippen LogP contribution in [-0.2, 0) is 6.54 Å². The Labute approximate surface area is 92.4 Å². The second kappa shape index (κ2) is 5.07. The maximum atomic E-state index is 12.6. The predicted molar refractivity (Wildman–Crippen MR) is 54.8 cm³/mol. The van der Waals surface area contributed by atoms with Gasteiger partial charge < -0.3 is 15.2 Å². The molecule has 1 heterocycles. The lowest BCUT2D eigenvalue weighted by atomic mass is 10.3. The van der Waals surface area contributed by atoms with Crippen LogP contribution >= 0.6 is 0 Å². The molecule has 0 aromatic carbocycles. The summed E-state index contributed by atoms with van der Waals surface area (Å²) in [5.41, 5.74) is 6.15. The van der Waals surface area contributed by atoms with Gasteiger partial charge in [-0.05, 0) is 11.6 Å². The van der Waals surface area contributed by atoms with E-state index in [1.165, 1.54) is 13.3 Å². The topological polar surface area (TPSA) is 57.4 Å². The van der Waals surface area contributed by atoms with Crippen LogP contribution in [0.3, 0.4) is 0 Å². The van der Waals surface area contributed by atoms with E-state index in [4.69, 9.17) is 15.2 Å². The van der Waals surface area contributed by atoms with Gasteiger partial charge in [-0.3, -0.25) is 0 Å². The van der Waals surface area contributed by atoms with Crippen LogP contribution in [-0.4, -0.2) is 24.6 Å². The van der Waals surface area contributed by atoms with E-state index in [9.17, 15) is 8.78 Å². The number of methoxy groups -OCH3 is 1. The number of rotatable bonds is 5. The van der Waals surface area contributed by atoms with Crippen molar-refractivity contribution in [3.05, 3.63) is 17.8 Å². The molecule has 16 heavy (non-hydrogen) atoms. The number of hydrogen-bond donors (Lipinski definition) is 1. The standard InChI is InChI=1S/C10H14F2N2O2/c1-10(11,12)6-16-9-8(15-2)3-7(4-13)5-14-9/h3,5H,4,6,13H2,1-2H3. The zero-order chi connectivity index (χ0) is 12.2. The number of aromatic nitrogens is 1. The largest absolute Gasteiger partial charge is 0.491 e. The van der Waals surface area contributed by atoms with E-state index < -0.39 is 12.5 Å². The van der Waals surface area contributed by atoms with Crippen LogP contribution in [0.1, 0.15) is 12.5 Å². The summed E-state index contributed by atoms with van der Waals surface area (Å²) in [6.07, 6.45) is 1.46. The van der Waals surface area contributed by atoms with E-state index in [0.717, 1.165) is 12.5 Å².